The smallest absolute Gasteiger partial charge is 0.356 e. The Bertz CT molecular complexity index is 511. The second-order valence-electron chi connectivity index (χ2n) is 4.05. The zero-order chi connectivity index (χ0) is 15.3. The van der Waals surface area contributed by atoms with Crippen molar-refractivity contribution < 1.29 is 24.9 Å². The Kier molecular flexibility index (Phi) is 6.41. The molecule has 20 heavy (non-hydrogen) atoms. The second-order valence-corrected chi connectivity index (χ2v) is 5.72. The largest absolute Gasteiger partial charge is 0.476 e. The molecule has 1 aromatic heterocycles. The van der Waals surface area contributed by atoms with Crippen molar-refractivity contribution in [3.05, 3.63) is 28.5 Å². The highest BCUT2D eigenvalue weighted by Gasteiger charge is 2.21. The molecule has 0 radical (unpaired) electrons. The highest BCUT2D eigenvalue weighted by molar-refractivity contribution is 8.13. The van der Waals surface area contributed by atoms with Crippen LogP contribution in [0.2, 0.25) is 5.02 Å². The van der Waals surface area contributed by atoms with Gasteiger partial charge in [0.25, 0.3) is 0 Å². The molecule has 0 aromatic carbocycles. The van der Waals surface area contributed by atoms with E-state index in [0.29, 0.717) is 5.75 Å². The fourth-order valence-electron chi connectivity index (χ4n) is 1.48. The minimum atomic E-state index is -1.27. The predicted octanol–water partition coefficient (Wildman–Crippen LogP) is 1.50. The number of aromatic nitrogens is 1. The van der Waals surface area contributed by atoms with Crippen LogP contribution in [0.25, 0.3) is 0 Å². The van der Waals surface area contributed by atoms with Gasteiger partial charge in [-0.1, -0.05) is 23.4 Å². The number of hydrogen-bond donors (Lipinski definition) is 3. The Morgan fingerprint density at radius 1 is 1.45 bits per heavy atom. The average Bonchev–Trinajstić information content (AvgIpc) is 2.36. The summed E-state index contributed by atoms with van der Waals surface area (Å²) in [7, 11) is 0. The minimum Gasteiger partial charge on any atom is -0.476 e. The maximum Gasteiger partial charge on any atom is 0.356 e. The molecule has 2 atom stereocenters. The van der Waals surface area contributed by atoms with E-state index in [-0.39, 0.29) is 27.8 Å². The second kappa shape index (κ2) is 7.58. The Balaban J connectivity index is 2.71. The molecule has 2 unspecified atom stereocenters. The number of hydrogen-bond acceptors (Lipinski definition) is 6. The summed E-state index contributed by atoms with van der Waals surface area (Å²) in [5.41, 5.74) is -0.0930. The summed E-state index contributed by atoms with van der Waals surface area (Å²) >= 11 is 6.79. The van der Waals surface area contributed by atoms with E-state index in [2.05, 4.69) is 4.98 Å². The molecule has 0 saturated carbocycles. The molecule has 0 fully saturated rings. The van der Waals surface area contributed by atoms with E-state index in [0.717, 1.165) is 18.0 Å². The van der Waals surface area contributed by atoms with Crippen molar-refractivity contribution in [1.29, 1.82) is 0 Å². The van der Waals surface area contributed by atoms with Crippen molar-refractivity contribution in [1.82, 2.24) is 4.98 Å². The topological polar surface area (TPSA) is 108 Å². The van der Waals surface area contributed by atoms with Crippen molar-refractivity contribution in [2.45, 2.75) is 25.6 Å². The lowest BCUT2D eigenvalue weighted by atomic mass is 10.0. The number of halogens is 1. The lowest BCUT2D eigenvalue weighted by molar-refractivity contribution is -0.109. The number of carbonyl (C=O) groups excluding carboxylic acids is 1. The van der Waals surface area contributed by atoms with Crippen LogP contribution in [0.15, 0.2) is 12.3 Å². The number of aromatic carboxylic acids is 1. The van der Waals surface area contributed by atoms with Crippen LogP contribution in [0.3, 0.4) is 0 Å². The standard InChI is InChI=1S/C12H14ClNO5S/c1-6(15)20-3-2-9(16)11(17)7-4-8(13)10(12(18)19)14-5-7/h4-5,9,11,16-17H,2-3H2,1H3,(H,18,19). The maximum absolute atomic E-state index is 10.7. The number of aliphatic hydroxyl groups excluding tert-OH is 2. The number of thioether (sulfide) groups is 1. The lowest BCUT2D eigenvalue weighted by Crippen LogP contribution is -2.19. The first kappa shape index (κ1) is 16.9. The zero-order valence-corrected chi connectivity index (χ0v) is 12.2. The van der Waals surface area contributed by atoms with Crippen molar-refractivity contribution in [3.8, 4) is 0 Å². The Morgan fingerprint density at radius 3 is 2.60 bits per heavy atom. The summed E-state index contributed by atoms with van der Waals surface area (Å²) in [4.78, 5) is 25.1. The third-order valence-corrected chi connectivity index (χ3v) is 3.62. The SMILES string of the molecule is CC(=O)SCCC(O)C(O)c1cnc(C(=O)O)c(Cl)c1. The molecule has 0 spiro atoms. The first-order valence-corrected chi connectivity index (χ1v) is 7.07. The van der Waals surface area contributed by atoms with Gasteiger partial charge in [0, 0.05) is 24.4 Å². The van der Waals surface area contributed by atoms with Gasteiger partial charge in [0.05, 0.1) is 11.1 Å². The van der Waals surface area contributed by atoms with Crippen LogP contribution >= 0.6 is 23.4 Å². The highest BCUT2D eigenvalue weighted by Crippen LogP contribution is 2.24. The summed E-state index contributed by atoms with van der Waals surface area (Å²) in [5, 5.41) is 28.3. The number of carbonyl (C=O) groups is 2. The molecule has 0 amide bonds. The first-order valence-electron chi connectivity index (χ1n) is 5.71. The molecule has 3 N–H and O–H groups in total. The van der Waals surface area contributed by atoms with Crippen molar-refractivity contribution >= 4 is 34.4 Å². The Morgan fingerprint density at radius 2 is 2.10 bits per heavy atom. The normalized spacial score (nSPS) is 13.8. The molecule has 0 saturated heterocycles. The number of nitrogens with zero attached hydrogens (tertiary/aromatic N) is 1. The van der Waals surface area contributed by atoms with Crippen LogP contribution in [0, 0.1) is 0 Å². The number of rotatable bonds is 6. The van der Waals surface area contributed by atoms with Gasteiger partial charge in [-0.05, 0) is 12.5 Å². The van der Waals surface area contributed by atoms with Gasteiger partial charge in [-0.2, -0.15) is 0 Å². The number of carboxylic acids is 1. The maximum atomic E-state index is 10.7. The quantitative estimate of drug-likeness (QED) is 0.729. The Hall–Kier alpha value is -1.15. The zero-order valence-electron chi connectivity index (χ0n) is 10.6. The molecule has 0 aliphatic carbocycles. The summed E-state index contributed by atoms with van der Waals surface area (Å²) in [6.07, 6.45) is -0.962. The first-order chi connectivity index (χ1) is 9.32. The van der Waals surface area contributed by atoms with Gasteiger partial charge in [-0.25, -0.2) is 9.78 Å². The van der Waals surface area contributed by atoms with E-state index in [9.17, 15) is 19.8 Å². The van der Waals surface area contributed by atoms with E-state index in [4.69, 9.17) is 16.7 Å². The van der Waals surface area contributed by atoms with Crippen LogP contribution in [-0.4, -0.2) is 43.2 Å². The molecule has 0 aliphatic heterocycles. The number of pyridine rings is 1. The third kappa shape index (κ3) is 4.75. The lowest BCUT2D eigenvalue weighted by Gasteiger charge is -2.17. The average molecular weight is 320 g/mol. The van der Waals surface area contributed by atoms with Crippen molar-refractivity contribution in [3.63, 3.8) is 0 Å². The van der Waals surface area contributed by atoms with Gasteiger partial charge < -0.3 is 15.3 Å². The summed E-state index contributed by atoms with van der Waals surface area (Å²) in [5.74, 6) is -0.892. The monoisotopic (exact) mass is 319 g/mol. The predicted molar refractivity (Wildman–Crippen MR) is 74.9 cm³/mol. The fraction of sp³-hybridized carbons (Fsp3) is 0.417. The molecule has 8 heteroatoms. The van der Waals surface area contributed by atoms with E-state index < -0.39 is 18.2 Å². The van der Waals surface area contributed by atoms with E-state index in [1.54, 1.807) is 0 Å². The molecule has 1 aromatic rings. The van der Waals surface area contributed by atoms with Crippen LogP contribution < -0.4 is 0 Å². The molecule has 0 bridgehead atoms. The molecule has 1 rings (SSSR count). The summed E-state index contributed by atoms with van der Waals surface area (Å²) in [6.45, 7) is 1.42. The molecule has 6 nitrogen and oxygen atoms in total. The highest BCUT2D eigenvalue weighted by atomic mass is 35.5. The van der Waals surface area contributed by atoms with Crippen molar-refractivity contribution in [2.75, 3.05) is 5.75 Å². The molecular formula is C12H14ClNO5S. The minimum absolute atomic E-state index is 0.0674. The molecule has 0 aliphatic rings. The van der Waals surface area contributed by atoms with Gasteiger partial charge >= 0.3 is 5.97 Å². The van der Waals surface area contributed by atoms with Gasteiger partial charge in [0.2, 0.25) is 0 Å². The van der Waals surface area contributed by atoms with Crippen LogP contribution in [0.5, 0.6) is 0 Å². The van der Waals surface area contributed by atoms with Gasteiger partial charge in [0.15, 0.2) is 10.8 Å². The fourth-order valence-corrected chi connectivity index (χ4v) is 2.38. The van der Waals surface area contributed by atoms with Gasteiger partial charge in [-0.15, -0.1) is 0 Å². The van der Waals surface area contributed by atoms with Crippen LogP contribution in [-0.2, 0) is 4.79 Å². The summed E-state index contributed by atoms with van der Waals surface area (Å²) in [6, 6.07) is 1.25. The van der Waals surface area contributed by atoms with Crippen molar-refractivity contribution in [2.24, 2.45) is 0 Å². The van der Waals surface area contributed by atoms with E-state index in [1.807, 2.05) is 0 Å². The van der Waals surface area contributed by atoms with E-state index >= 15 is 0 Å². The summed E-state index contributed by atoms with van der Waals surface area (Å²) < 4.78 is 0. The van der Waals surface area contributed by atoms with Crippen LogP contribution in [0.1, 0.15) is 35.5 Å². The molecular weight excluding hydrogens is 306 g/mol. The number of carboxylic acid groups (broad SMARTS) is 1. The van der Waals surface area contributed by atoms with Gasteiger partial charge in [0.1, 0.15) is 6.10 Å². The third-order valence-electron chi connectivity index (χ3n) is 2.49. The molecule has 110 valence electrons. The number of aliphatic hydroxyl groups is 2. The van der Waals surface area contributed by atoms with Crippen LogP contribution in [0.4, 0.5) is 0 Å². The van der Waals surface area contributed by atoms with E-state index in [1.165, 1.54) is 13.0 Å². The Labute approximate surface area is 124 Å². The van der Waals surface area contributed by atoms with Gasteiger partial charge in [-0.3, -0.25) is 4.79 Å². The molecule has 1 heterocycles.